The van der Waals surface area contributed by atoms with Crippen molar-refractivity contribution in [1.82, 2.24) is 4.98 Å². The maximum absolute atomic E-state index is 5.73. The zero-order chi connectivity index (χ0) is 29.2. The van der Waals surface area contributed by atoms with Crippen molar-refractivity contribution in [2.75, 3.05) is 106 Å². The second-order valence-electron chi connectivity index (χ2n) is 9.32. The Kier molecular flexibility index (Phi) is 20.0. The Bertz CT molecular complexity index is 783. The minimum absolute atomic E-state index is 0.420. The SMILES string of the molecule is c1cc2cc(c1)COCCOCCOCCOCCOCc1cccc(n1)COCCOCCOCCOCCOC2. The summed E-state index contributed by atoms with van der Waals surface area (Å²) in [6.45, 7) is 10.0. The molecule has 0 radical (unpaired) electrons. The van der Waals surface area contributed by atoms with E-state index < -0.39 is 0 Å². The molecule has 0 unspecified atom stereocenters. The highest BCUT2D eigenvalue weighted by Crippen LogP contribution is 2.08. The molecule has 0 aliphatic carbocycles. The molecule has 4 bridgehead atoms. The maximum Gasteiger partial charge on any atom is 0.0889 e. The lowest BCUT2D eigenvalue weighted by Gasteiger charge is -2.10. The minimum Gasteiger partial charge on any atom is -0.377 e. The van der Waals surface area contributed by atoms with Crippen LogP contribution in [0.25, 0.3) is 0 Å². The Morgan fingerprint density at radius 1 is 0.333 bits per heavy atom. The first kappa shape index (κ1) is 34.5. The molecule has 1 aliphatic rings. The molecule has 0 fully saturated rings. The van der Waals surface area contributed by atoms with Gasteiger partial charge in [0.2, 0.25) is 0 Å². The fraction of sp³-hybridized carbons (Fsp3) is 0.645. The van der Waals surface area contributed by atoms with E-state index in [0.29, 0.717) is 132 Å². The normalized spacial score (nSPS) is 20.4. The quantitative estimate of drug-likeness (QED) is 0.450. The van der Waals surface area contributed by atoms with Gasteiger partial charge in [0.25, 0.3) is 0 Å². The Morgan fingerprint density at radius 3 is 0.976 bits per heavy atom. The van der Waals surface area contributed by atoms with Crippen LogP contribution in [0, 0.1) is 0 Å². The number of rotatable bonds is 0. The number of ether oxygens (including phenoxy) is 10. The number of hydrogen-bond donors (Lipinski definition) is 0. The molecule has 11 heteroatoms. The van der Waals surface area contributed by atoms with Crippen LogP contribution in [0.4, 0.5) is 0 Å². The number of fused-ring (bicyclic) bond motifs is 4. The summed E-state index contributed by atoms with van der Waals surface area (Å²) in [5, 5.41) is 0. The van der Waals surface area contributed by atoms with Crippen molar-refractivity contribution < 1.29 is 47.4 Å². The highest BCUT2D eigenvalue weighted by atomic mass is 16.6. The number of hydrogen-bond acceptors (Lipinski definition) is 11. The summed E-state index contributed by atoms with van der Waals surface area (Å²) in [6.07, 6.45) is 0. The van der Waals surface area contributed by atoms with Crippen LogP contribution in [0.2, 0.25) is 0 Å². The fourth-order valence-electron chi connectivity index (χ4n) is 3.79. The van der Waals surface area contributed by atoms with Crippen LogP contribution in [-0.4, -0.2) is 111 Å². The van der Waals surface area contributed by atoms with Crippen molar-refractivity contribution in [3.05, 3.63) is 65.0 Å². The fourth-order valence-corrected chi connectivity index (χ4v) is 3.79. The molecule has 11 nitrogen and oxygen atoms in total. The van der Waals surface area contributed by atoms with Gasteiger partial charge in [-0.3, -0.25) is 4.98 Å². The van der Waals surface area contributed by atoms with Crippen molar-refractivity contribution in [3.8, 4) is 0 Å². The Labute approximate surface area is 249 Å². The van der Waals surface area contributed by atoms with E-state index in [9.17, 15) is 0 Å². The summed E-state index contributed by atoms with van der Waals surface area (Å²) in [6, 6.07) is 14.0. The van der Waals surface area contributed by atoms with E-state index >= 15 is 0 Å². The monoisotopic (exact) mass is 593 g/mol. The lowest BCUT2D eigenvalue weighted by molar-refractivity contribution is -0.0148. The molecule has 236 valence electrons. The predicted molar refractivity (Wildman–Crippen MR) is 154 cm³/mol. The molecule has 3 rings (SSSR count). The van der Waals surface area contributed by atoms with Gasteiger partial charge in [-0.1, -0.05) is 30.3 Å². The van der Waals surface area contributed by atoms with Crippen LogP contribution in [-0.2, 0) is 73.8 Å². The molecule has 1 aromatic heterocycles. The molecular weight excluding hydrogens is 546 g/mol. The zero-order valence-corrected chi connectivity index (χ0v) is 24.7. The van der Waals surface area contributed by atoms with Gasteiger partial charge in [0.05, 0.1) is 144 Å². The van der Waals surface area contributed by atoms with Gasteiger partial charge in [-0.15, -0.1) is 0 Å². The summed E-state index contributed by atoms with van der Waals surface area (Å²) in [5.41, 5.74) is 3.91. The lowest BCUT2D eigenvalue weighted by atomic mass is 10.1. The van der Waals surface area contributed by atoms with E-state index in [1.54, 1.807) is 0 Å². The summed E-state index contributed by atoms with van der Waals surface area (Å²) in [7, 11) is 0. The summed E-state index contributed by atoms with van der Waals surface area (Å²) < 4.78 is 56.2. The second-order valence-corrected chi connectivity index (χ2v) is 9.32. The third-order valence-electron chi connectivity index (χ3n) is 5.87. The van der Waals surface area contributed by atoms with Crippen LogP contribution in [0.5, 0.6) is 0 Å². The number of pyridine rings is 1. The molecular formula is C31H47NO10. The Morgan fingerprint density at radius 2 is 0.619 bits per heavy atom. The summed E-state index contributed by atoms with van der Waals surface area (Å²) in [4.78, 5) is 4.57. The van der Waals surface area contributed by atoms with Crippen LogP contribution in [0.3, 0.4) is 0 Å². The van der Waals surface area contributed by atoms with Crippen molar-refractivity contribution in [2.45, 2.75) is 26.4 Å². The molecule has 0 N–H and O–H groups in total. The molecule has 0 amide bonds. The average molecular weight is 594 g/mol. The van der Waals surface area contributed by atoms with Gasteiger partial charge in [0.15, 0.2) is 0 Å². The summed E-state index contributed by atoms with van der Waals surface area (Å²) >= 11 is 0. The molecule has 2 aromatic rings. The topological polar surface area (TPSA) is 105 Å². The van der Waals surface area contributed by atoms with E-state index in [1.165, 1.54) is 0 Å². The Balaban J connectivity index is 1.30. The summed E-state index contributed by atoms with van der Waals surface area (Å²) in [5.74, 6) is 0. The van der Waals surface area contributed by atoms with Crippen LogP contribution in [0.1, 0.15) is 22.5 Å². The van der Waals surface area contributed by atoms with Gasteiger partial charge in [-0.05, 0) is 23.3 Å². The molecule has 42 heavy (non-hydrogen) atoms. The molecule has 0 atom stereocenters. The smallest absolute Gasteiger partial charge is 0.0889 e. The lowest BCUT2D eigenvalue weighted by Crippen LogP contribution is -2.13. The van der Waals surface area contributed by atoms with Gasteiger partial charge in [0.1, 0.15) is 0 Å². The minimum atomic E-state index is 0.420. The maximum atomic E-state index is 5.73. The zero-order valence-electron chi connectivity index (χ0n) is 24.7. The number of benzene rings is 1. The van der Waals surface area contributed by atoms with Gasteiger partial charge < -0.3 is 47.4 Å². The predicted octanol–water partition coefficient (Wildman–Crippen LogP) is 2.96. The van der Waals surface area contributed by atoms with E-state index in [-0.39, 0.29) is 0 Å². The molecule has 2 heterocycles. The van der Waals surface area contributed by atoms with Gasteiger partial charge in [0, 0.05) is 0 Å². The van der Waals surface area contributed by atoms with Crippen LogP contribution < -0.4 is 0 Å². The van der Waals surface area contributed by atoms with Crippen molar-refractivity contribution >= 4 is 0 Å². The highest BCUT2D eigenvalue weighted by molar-refractivity contribution is 5.22. The highest BCUT2D eigenvalue weighted by Gasteiger charge is 2.02. The third kappa shape index (κ3) is 17.8. The van der Waals surface area contributed by atoms with Crippen molar-refractivity contribution in [1.29, 1.82) is 0 Å². The first-order chi connectivity index (χ1) is 20.9. The molecule has 0 saturated carbocycles. The van der Waals surface area contributed by atoms with Gasteiger partial charge >= 0.3 is 0 Å². The largest absolute Gasteiger partial charge is 0.377 e. The number of nitrogens with zero attached hydrogens (tertiary/aromatic N) is 1. The van der Waals surface area contributed by atoms with Crippen LogP contribution in [0.15, 0.2) is 42.5 Å². The van der Waals surface area contributed by atoms with E-state index in [4.69, 9.17) is 47.4 Å². The molecule has 1 aromatic carbocycles. The third-order valence-corrected chi connectivity index (χ3v) is 5.87. The first-order valence-corrected chi connectivity index (χ1v) is 14.7. The number of aromatic nitrogens is 1. The Hall–Kier alpha value is -2.03. The van der Waals surface area contributed by atoms with Crippen LogP contribution >= 0.6 is 0 Å². The average Bonchev–Trinajstić information content (AvgIpc) is 3.01. The van der Waals surface area contributed by atoms with Crippen molar-refractivity contribution in [2.24, 2.45) is 0 Å². The first-order valence-electron chi connectivity index (χ1n) is 14.7. The second kappa shape index (κ2) is 24.4. The molecule has 1 aliphatic heterocycles. The standard InChI is InChI=1S/C31H47NO10/c1-3-28-23-29(4-1)25-40-20-16-36-12-8-34-10-14-38-18-22-42-27-31-6-2-5-30(32-31)26-41-21-17-37-13-9-33-7-11-35-15-19-39-24-28/h1-6,23H,7-22,24-27H2. The molecule has 0 saturated heterocycles. The van der Waals surface area contributed by atoms with E-state index in [0.717, 1.165) is 22.5 Å². The molecule has 0 spiro atoms. The van der Waals surface area contributed by atoms with Crippen molar-refractivity contribution in [3.63, 3.8) is 0 Å². The van der Waals surface area contributed by atoms with E-state index in [1.807, 2.05) is 36.4 Å². The van der Waals surface area contributed by atoms with Gasteiger partial charge in [-0.2, -0.15) is 0 Å². The van der Waals surface area contributed by atoms with E-state index in [2.05, 4.69) is 11.1 Å². The van der Waals surface area contributed by atoms with Gasteiger partial charge in [-0.25, -0.2) is 0 Å².